The molecule has 0 atom stereocenters. The van der Waals surface area contributed by atoms with Crippen molar-refractivity contribution < 1.29 is 18.7 Å². The Labute approximate surface area is 187 Å². The van der Waals surface area contributed by atoms with E-state index in [1.807, 2.05) is 12.1 Å². The Hall–Kier alpha value is -2.67. The third kappa shape index (κ3) is 4.73. The quantitative estimate of drug-likeness (QED) is 0.400. The van der Waals surface area contributed by atoms with Crippen LogP contribution in [0.3, 0.4) is 0 Å². The van der Waals surface area contributed by atoms with E-state index in [1.165, 1.54) is 0 Å². The Kier molecular flexibility index (Phi) is 6.18. The minimum Gasteiger partial charge on any atom is -0.492 e. The zero-order chi connectivity index (χ0) is 21.1. The number of furan rings is 1. The molecular formula is C22H15Cl2NO4S. The number of hydrogen-bond acceptors (Lipinski definition) is 5. The molecule has 1 aromatic heterocycles. The second-order valence-corrected chi connectivity index (χ2v) is 8.21. The highest BCUT2D eigenvalue weighted by molar-refractivity contribution is 8.18. The molecule has 0 bridgehead atoms. The summed E-state index contributed by atoms with van der Waals surface area (Å²) in [6.07, 6.45) is 1.57. The maximum Gasteiger partial charge on any atom is 0.293 e. The van der Waals surface area contributed by atoms with Gasteiger partial charge in [0.1, 0.15) is 23.9 Å². The predicted octanol–water partition coefficient (Wildman–Crippen LogP) is 6.37. The van der Waals surface area contributed by atoms with Crippen LogP contribution in [0.2, 0.25) is 10.0 Å². The molecule has 0 spiro atoms. The van der Waals surface area contributed by atoms with Crippen LogP contribution in [-0.2, 0) is 4.79 Å². The van der Waals surface area contributed by atoms with Gasteiger partial charge in [-0.25, -0.2) is 0 Å². The van der Waals surface area contributed by atoms with Gasteiger partial charge in [0.2, 0.25) is 0 Å². The number of thioether (sulfide) groups is 1. The summed E-state index contributed by atoms with van der Waals surface area (Å²) in [5.74, 6) is 1.39. The summed E-state index contributed by atoms with van der Waals surface area (Å²) in [6, 6.07) is 17.7. The second kappa shape index (κ2) is 9.00. The van der Waals surface area contributed by atoms with E-state index >= 15 is 0 Å². The molecule has 30 heavy (non-hydrogen) atoms. The molecule has 0 aliphatic carbocycles. The van der Waals surface area contributed by atoms with Gasteiger partial charge in [0.25, 0.3) is 11.1 Å². The lowest BCUT2D eigenvalue weighted by Crippen LogP contribution is -2.32. The van der Waals surface area contributed by atoms with Crippen molar-refractivity contribution >= 4 is 52.2 Å². The van der Waals surface area contributed by atoms with Gasteiger partial charge in [0.05, 0.1) is 11.4 Å². The summed E-state index contributed by atoms with van der Waals surface area (Å²) < 4.78 is 11.4. The van der Waals surface area contributed by atoms with Crippen LogP contribution in [0.1, 0.15) is 5.76 Å². The van der Waals surface area contributed by atoms with E-state index in [2.05, 4.69) is 0 Å². The first-order valence-corrected chi connectivity index (χ1v) is 10.6. The predicted molar refractivity (Wildman–Crippen MR) is 119 cm³/mol. The third-order valence-corrected chi connectivity index (χ3v) is 5.71. The summed E-state index contributed by atoms with van der Waals surface area (Å²) >= 11 is 12.6. The maximum atomic E-state index is 12.6. The number of amides is 2. The monoisotopic (exact) mass is 459 g/mol. The first-order chi connectivity index (χ1) is 14.5. The number of carbonyl (C=O) groups is 2. The smallest absolute Gasteiger partial charge is 0.293 e. The maximum absolute atomic E-state index is 12.6. The van der Waals surface area contributed by atoms with Gasteiger partial charge in [-0.15, -0.1) is 0 Å². The Balaban J connectivity index is 1.40. The van der Waals surface area contributed by atoms with Gasteiger partial charge in [0.15, 0.2) is 0 Å². The SMILES string of the molecule is O=C1S/C(=C\c2ccc(-c3ccc(Cl)cc3)o2)C(=O)N1CCOc1ccc(Cl)cc1. The number of imide groups is 1. The van der Waals surface area contributed by atoms with E-state index in [0.29, 0.717) is 32.2 Å². The number of rotatable bonds is 6. The Morgan fingerprint density at radius 3 is 2.30 bits per heavy atom. The average Bonchev–Trinajstić information content (AvgIpc) is 3.30. The van der Waals surface area contributed by atoms with Crippen LogP contribution in [0.25, 0.3) is 17.4 Å². The summed E-state index contributed by atoms with van der Waals surface area (Å²) in [5, 5.41) is 0.908. The lowest BCUT2D eigenvalue weighted by molar-refractivity contribution is -0.123. The van der Waals surface area contributed by atoms with Gasteiger partial charge in [-0.2, -0.15) is 0 Å². The number of ether oxygens (including phenoxy) is 1. The van der Waals surface area contributed by atoms with Crippen molar-refractivity contribution in [3.8, 4) is 17.1 Å². The molecule has 0 radical (unpaired) electrons. The molecule has 8 heteroatoms. The van der Waals surface area contributed by atoms with Crippen molar-refractivity contribution in [2.75, 3.05) is 13.2 Å². The second-order valence-electron chi connectivity index (χ2n) is 6.34. The van der Waals surface area contributed by atoms with Crippen LogP contribution in [0.5, 0.6) is 5.75 Å². The highest BCUT2D eigenvalue weighted by Gasteiger charge is 2.35. The molecule has 2 heterocycles. The molecule has 0 saturated carbocycles. The highest BCUT2D eigenvalue weighted by atomic mass is 35.5. The number of benzene rings is 2. The Morgan fingerprint density at radius 2 is 1.60 bits per heavy atom. The zero-order valence-corrected chi connectivity index (χ0v) is 17.8. The molecule has 5 nitrogen and oxygen atoms in total. The fourth-order valence-electron chi connectivity index (χ4n) is 2.81. The topological polar surface area (TPSA) is 59.8 Å². The molecule has 1 saturated heterocycles. The van der Waals surface area contributed by atoms with Gasteiger partial charge in [-0.05, 0) is 72.4 Å². The lowest BCUT2D eigenvalue weighted by Gasteiger charge is -2.13. The number of halogens is 2. The molecule has 3 aromatic rings. The molecule has 2 amide bonds. The van der Waals surface area contributed by atoms with Crippen molar-refractivity contribution in [1.82, 2.24) is 4.90 Å². The minimum atomic E-state index is -0.367. The van der Waals surface area contributed by atoms with Crippen LogP contribution in [0.15, 0.2) is 70.0 Å². The van der Waals surface area contributed by atoms with E-state index < -0.39 is 0 Å². The van der Waals surface area contributed by atoms with E-state index in [-0.39, 0.29) is 24.3 Å². The fourth-order valence-corrected chi connectivity index (χ4v) is 3.90. The van der Waals surface area contributed by atoms with Crippen molar-refractivity contribution in [3.63, 3.8) is 0 Å². The van der Waals surface area contributed by atoms with Crippen molar-refractivity contribution in [1.29, 1.82) is 0 Å². The number of carbonyl (C=O) groups excluding carboxylic acids is 2. The molecule has 1 aliphatic rings. The van der Waals surface area contributed by atoms with E-state index in [9.17, 15) is 9.59 Å². The molecule has 152 valence electrons. The summed E-state index contributed by atoms with van der Waals surface area (Å²) in [5.41, 5.74) is 0.867. The first kappa shape index (κ1) is 20.6. The lowest BCUT2D eigenvalue weighted by atomic mass is 10.2. The molecule has 2 aromatic carbocycles. The van der Waals surface area contributed by atoms with Crippen LogP contribution in [-0.4, -0.2) is 29.2 Å². The number of hydrogen-bond donors (Lipinski definition) is 0. The Morgan fingerprint density at radius 1 is 0.933 bits per heavy atom. The fraction of sp³-hybridized carbons (Fsp3) is 0.0909. The standard InChI is InChI=1S/C22H15Cl2NO4S/c23-15-3-1-14(2-4-15)19-10-9-18(29-19)13-20-21(26)25(22(27)30-20)11-12-28-17-7-5-16(24)6-8-17/h1-10,13H,11-12H2/b20-13-. The molecule has 1 aliphatic heterocycles. The Bertz CT molecular complexity index is 1110. The van der Waals surface area contributed by atoms with Gasteiger partial charge >= 0.3 is 0 Å². The van der Waals surface area contributed by atoms with Gasteiger partial charge in [-0.3, -0.25) is 14.5 Å². The van der Waals surface area contributed by atoms with E-state index in [1.54, 1.807) is 54.6 Å². The van der Waals surface area contributed by atoms with Crippen LogP contribution in [0, 0.1) is 0 Å². The normalized spacial score (nSPS) is 15.3. The van der Waals surface area contributed by atoms with Gasteiger partial charge in [-0.1, -0.05) is 23.2 Å². The van der Waals surface area contributed by atoms with Crippen molar-refractivity contribution in [3.05, 3.63) is 81.4 Å². The third-order valence-electron chi connectivity index (χ3n) is 4.30. The molecule has 0 N–H and O–H groups in total. The van der Waals surface area contributed by atoms with Crippen LogP contribution >= 0.6 is 35.0 Å². The minimum absolute atomic E-state index is 0.152. The van der Waals surface area contributed by atoms with Crippen molar-refractivity contribution in [2.45, 2.75) is 0 Å². The number of nitrogens with zero attached hydrogens (tertiary/aromatic N) is 1. The molecule has 1 fully saturated rings. The molecule has 0 unspecified atom stereocenters. The van der Waals surface area contributed by atoms with Gasteiger partial charge in [0, 0.05) is 21.7 Å². The largest absolute Gasteiger partial charge is 0.492 e. The van der Waals surface area contributed by atoms with Crippen molar-refractivity contribution in [2.24, 2.45) is 0 Å². The van der Waals surface area contributed by atoms with Crippen LogP contribution < -0.4 is 4.74 Å². The van der Waals surface area contributed by atoms with Gasteiger partial charge < -0.3 is 9.15 Å². The first-order valence-electron chi connectivity index (χ1n) is 8.99. The summed E-state index contributed by atoms with van der Waals surface area (Å²) in [6.45, 7) is 0.341. The van der Waals surface area contributed by atoms with Crippen LogP contribution in [0.4, 0.5) is 4.79 Å². The van der Waals surface area contributed by atoms with E-state index in [0.717, 1.165) is 22.2 Å². The summed E-state index contributed by atoms with van der Waals surface area (Å²) in [7, 11) is 0. The zero-order valence-electron chi connectivity index (χ0n) is 15.5. The summed E-state index contributed by atoms with van der Waals surface area (Å²) in [4.78, 5) is 26.3. The highest BCUT2D eigenvalue weighted by Crippen LogP contribution is 2.33. The molecular weight excluding hydrogens is 445 g/mol. The van der Waals surface area contributed by atoms with E-state index in [4.69, 9.17) is 32.4 Å². The molecule has 4 rings (SSSR count). The average molecular weight is 460 g/mol.